The normalized spacial score (nSPS) is 12.5. The van der Waals surface area contributed by atoms with Crippen LogP contribution in [0.2, 0.25) is 0 Å². The lowest BCUT2D eigenvalue weighted by Gasteiger charge is -2.18. The molecule has 9 heteroatoms. The van der Waals surface area contributed by atoms with Gasteiger partial charge in [0.2, 0.25) is 0 Å². The van der Waals surface area contributed by atoms with Crippen LogP contribution in [0.5, 0.6) is 11.5 Å². The van der Waals surface area contributed by atoms with Crippen LogP contribution in [-0.4, -0.2) is 55.6 Å². The van der Waals surface area contributed by atoms with Gasteiger partial charge in [0.25, 0.3) is 11.6 Å². The second kappa shape index (κ2) is 6.29. The molecule has 1 aromatic carbocycles. The maximum Gasteiger partial charge on any atom is 0.345 e. The number of fused-ring (bicyclic) bond motifs is 1. The number of esters is 1. The van der Waals surface area contributed by atoms with Crippen molar-refractivity contribution in [3.8, 4) is 11.5 Å². The molecule has 1 amide bonds. The van der Waals surface area contributed by atoms with Gasteiger partial charge in [-0.2, -0.15) is 0 Å². The van der Waals surface area contributed by atoms with Crippen molar-refractivity contribution in [3.05, 3.63) is 27.8 Å². The minimum Gasteiger partial charge on any atom is -0.486 e. The molecule has 0 fully saturated rings. The van der Waals surface area contributed by atoms with Gasteiger partial charge in [-0.3, -0.25) is 14.9 Å². The SMILES string of the molecule is CN(C)C(=O)COC(=O)c1cc2c(cc1[N+](=O)[O-])OCCO2. The lowest BCUT2D eigenvalue weighted by molar-refractivity contribution is -0.385. The summed E-state index contributed by atoms with van der Waals surface area (Å²) >= 11 is 0. The Hall–Kier alpha value is -2.84. The van der Waals surface area contributed by atoms with Crippen LogP contribution in [0.1, 0.15) is 10.4 Å². The summed E-state index contributed by atoms with van der Waals surface area (Å²) in [4.78, 5) is 35.0. The summed E-state index contributed by atoms with van der Waals surface area (Å²) in [5.41, 5.74) is -0.757. The van der Waals surface area contributed by atoms with E-state index >= 15 is 0 Å². The largest absolute Gasteiger partial charge is 0.486 e. The maximum absolute atomic E-state index is 12.0. The van der Waals surface area contributed by atoms with Gasteiger partial charge >= 0.3 is 5.97 Å². The average Bonchev–Trinajstić information content (AvgIpc) is 2.50. The number of carbonyl (C=O) groups excluding carboxylic acids is 2. The van der Waals surface area contributed by atoms with Crippen LogP contribution in [-0.2, 0) is 9.53 Å². The van der Waals surface area contributed by atoms with Crippen molar-refractivity contribution < 1.29 is 28.7 Å². The number of nitro benzene ring substituents is 1. The van der Waals surface area contributed by atoms with Gasteiger partial charge in [-0.25, -0.2) is 4.79 Å². The number of likely N-dealkylation sites (N-methyl/N-ethyl adjacent to an activating group) is 1. The first-order valence-corrected chi connectivity index (χ1v) is 6.35. The van der Waals surface area contributed by atoms with Gasteiger partial charge in [-0.05, 0) is 0 Å². The van der Waals surface area contributed by atoms with Crippen LogP contribution in [0.3, 0.4) is 0 Å². The molecule has 2 rings (SSSR count). The van der Waals surface area contributed by atoms with Gasteiger partial charge in [-0.1, -0.05) is 0 Å². The smallest absolute Gasteiger partial charge is 0.345 e. The third-order valence-electron chi connectivity index (χ3n) is 2.90. The summed E-state index contributed by atoms with van der Waals surface area (Å²) in [6.45, 7) is 0.0428. The number of rotatable bonds is 4. The van der Waals surface area contributed by atoms with Gasteiger partial charge < -0.3 is 19.1 Å². The Morgan fingerprint density at radius 3 is 2.41 bits per heavy atom. The van der Waals surface area contributed by atoms with Crippen molar-refractivity contribution in [2.24, 2.45) is 0 Å². The fraction of sp³-hybridized carbons (Fsp3) is 0.385. The average molecular weight is 310 g/mol. The highest BCUT2D eigenvalue weighted by Crippen LogP contribution is 2.36. The molecule has 0 atom stereocenters. The zero-order valence-electron chi connectivity index (χ0n) is 12.0. The molecule has 0 aliphatic carbocycles. The standard InChI is InChI=1S/C13H14N2O7/c1-14(2)12(16)7-22-13(17)8-5-10-11(21-4-3-20-10)6-9(8)15(18)19/h5-6H,3-4,7H2,1-2H3. The molecule has 0 N–H and O–H groups in total. The Labute approximate surface area is 125 Å². The van der Waals surface area contributed by atoms with Gasteiger partial charge in [-0.15, -0.1) is 0 Å². The first-order valence-electron chi connectivity index (χ1n) is 6.35. The molecule has 1 aliphatic rings. The number of carbonyl (C=O) groups is 2. The quantitative estimate of drug-likeness (QED) is 0.455. The van der Waals surface area contributed by atoms with Crippen LogP contribution >= 0.6 is 0 Å². The molecule has 0 aromatic heterocycles. The van der Waals surface area contributed by atoms with Crippen LogP contribution < -0.4 is 9.47 Å². The van der Waals surface area contributed by atoms with Crippen molar-refractivity contribution >= 4 is 17.6 Å². The van der Waals surface area contributed by atoms with E-state index in [1.54, 1.807) is 0 Å². The summed E-state index contributed by atoms with van der Waals surface area (Å²) in [6, 6.07) is 2.30. The van der Waals surface area contributed by atoms with E-state index in [0.29, 0.717) is 0 Å². The Bertz CT molecular complexity index is 627. The van der Waals surface area contributed by atoms with Gasteiger partial charge in [0.15, 0.2) is 18.1 Å². The molecular formula is C13H14N2O7. The second-order valence-electron chi connectivity index (χ2n) is 4.63. The van der Waals surface area contributed by atoms with E-state index in [9.17, 15) is 19.7 Å². The first-order chi connectivity index (χ1) is 10.4. The number of benzene rings is 1. The van der Waals surface area contributed by atoms with Crippen LogP contribution in [0.4, 0.5) is 5.69 Å². The van der Waals surface area contributed by atoms with Crippen molar-refractivity contribution in [1.29, 1.82) is 0 Å². The fourth-order valence-corrected chi connectivity index (χ4v) is 1.73. The molecule has 118 valence electrons. The number of amides is 1. The minimum absolute atomic E-state index is 0.193. The number of hydrogen-bond donors (Lipinski definition) is 0. The molecular weight excluding hydrogens is 296 g/mol. The number of nitro groups is 1. The lowest BCUT2D eigenvalue weighted by atomic mass is 10.1. The summed E-state index contributed by atoms with van der Waals surface area (Å²) < 4.78 is 15.3. The summed E-state index contributed by atoms with van der Waals surface area (Å²) in [6.07, 6.45) is 0. The zero-order valence-corrected chi connectivity index (χ0v) is 12.0. The Kier molecular flexibility index (Phi) is 4.44. The molecule has 1 aliphatic heterocycles. The predicted octanol–water partition coefficient (Wildman–Crippen LogP) is 0.611. The predicted molar refractivity (Wildman–Crippen MR) is 73.1 cm³/mol. The van der Waals surface area contributed by atoms with Crippen molar-refractivity contribution in [2.45, 2.75) is 0 Å². The molecule has 9 nitrogen and oxygen atoms in total. The van der Waals surface area contributed by atoms with E-state index in [-0.39, 0.29) is 30.3 Å². The maximum atomic E-state index is 12.0. The molecule has 0 unspecified atom stereocenters. The number of ether oxygens (including phenoxy) is 3. The third-order valence-corrected chi connectivity index (χ3v) is 2.90. The fourth-order valence-electron chi connectivity index (χ4n) is 1.73. The zero-order chi connectivity index (χ0) is 16.3. The number of nitrogens with zero attached hydrogens (tertiary/aromatic N) is 2. The molecule has 0 saturated heterocycles. The second-order valence-corrected chi connectivity index (χ2v) is 4.63. The molecule has 0 bridgehead atoms. The molecule has 1 aromatic rings. The van der Waals surface area contributed by atoms with Gasteiger partial charge in [0.1, 0.15) is 18.8 Å². The van der Waals surface area contributed by atoms with Gasteiger partial charge in [0, 0.05) is 20.2 Å². The highest BCUT2D eigenvalue weighted by atomic mass is 16.6. The van der Waals surface area contributed by atoms with E-state index in [1.807, 2.05) is 0 Å². The van der Waals surface area contributed by atoms with E-state index in [4.69, 9.17) is 14.2 Å². The van der Waals surface area contributed by atoms with E-state index in [2.05, 4.69) is 0 Å². The molecule has 1 heterocycles. The Morgan fingerprint density at radius 2 is 1.86 bits per heavy atom. The van der Waals surface area contributed by atoms with Crippen LogP contribution in [0.15, 0.2) is 12.1 Å². The summed E-state index contributed by atoms with van der Waals surface area (Å²) in [5, 5.41) is 11.1. The molecule has 0 saturated carbocycles. The highest BCUT2D eigenvalue weighted by Gasteiger charge is 2.27. The summed E-state index contributed by atoms with van der Waals surface area (Å²) in [7, 11) is 3.01. The highest BCUT2D eigenvalue weighted by molar-refractivity contribution is 5.96. The monoisotopic (exact) mass is 310 g/mol. The van der Waals surface area contributed by atoms with Crippen molar-refractivity contribution in [2.75, 3.05) is 33.9 Å². The van der Waals surface area contributed by atoms with Crippen molar-refractivity contribution in [1.82, 2.24) is 4.90 Å². The molecule has 0 radical (unpaired) electrons. The first kappa shape index (κ1) is 15.5. The van der Waals surface area contributed by atoms with Crippen molar-refractivity contribution in [3.63, 3.8) is 0 Å². The minimum atomic E-state index is -0.973. The molecule has 22 heavy (non-hydrogen) atoms. The Balaban J connectivity index is 2.26. The summed E-state index contributed by atoms with van der Waals surface area (Å²) in [5.74, 6) is -0.992. The topological polar surface area (TPSA) is 108 Å². The van der Waals surface area contributed by atoms with Gasteiger partial charge in [0.05, 0.1) is 11.0 Å². The van der Waals surface area contributed by atoms with Crippen LogP contribution in [0.25, 0.3) is 0 Å². The Morgan fingerprint density at radius 1 is 1.27 bits per heavy atom. The van der Waals surface area contributed by atoms with Crippen LogP contribution in [0, 0.1) is 10.1 Å². The number of hydrogen-bond acceptors (Lipinski definition) is 7. The van der Waals surface area contributed by atoms with E-state index in [1.165, 1.54) is 25.1 Å². The van der Waals surface area contributed by atoms with E-state index in [0.717, 1.165) is 6.07 Å². The van der Waals surface area contributed by atoms with E-state index < -0.39 is 29.1 Å². The molecule has 0 spiro atoms. The lowest BCUT2D eigenvalue weighted by Crippen LogP contribution is -2.27. The third kappa shape index (κ3) is 3.25.